The standard InChI is InChI=1S/C30H45NO5Si/c1-28(2,3)24(21-30(26(32)33,36-37(7)8)20-23-17-13-10-14-18-23)25(19-22-15-11-9-12-16-22)31-27(34)35-29(4,5)6/h9-18,24-25,37H,19-21H2,1-8H3,(H,31,34)(H,32,33). The minimum atomic E-state index is -1.76. The summed E-state index contributed by atoms with van der Waals surface area (Å²) >= 11 is 0. The van der Waals surface area contributed by atoms with Crippen LogP contribution in [0.5, 0.6) is 0 Å². The zero-order chi connectivity index (χ0) is 27.9. The van der Waals surface area contributed by atoms with Crippen LogP contribution in [0.15, 0.2) is 60.7 Å². The Hall–Kier alpha value is -2.64. The molecular weight excluding hydrogens is 482 g/mol. The second-order valence-electron chi connectivity index (χ2n) is 12.2. The maximum Gasteiger partial charge on any atom is 0.407 e. The van der Waals surface area contributed by atoms with Crippen molar-refractivity contribution in [3.63, 3.8) is 0 Å². The predicted molar refractivity (Wildman–Crippen MR) is 151 cm³/mol. The number of alkyl carbamates (subject to hydrolysis) is 1. The highest BCUT2D eigenvalue weighted by molar-refractivity contribution is 6.48. The molecule has 1 amide bonds. The van der Waals surface area contributed by atoms with E-state index in [1.165, 1.54) is 0 Å². The van der Waals surface area contributed by atoms with Gasteiger partial charge in [-0.3, -0.25) is 0 Å². The van der Waals surface area contributed by atoms with Gasteiger partial charge in [0, 0.05) is 12.5 Å². The Balaban J connectivity index is 2.55. The van der Waals surface area contributed by atoms with Crippen molar-refractivity contribution in [1.29, 1.82) is 0 Å². The van der Waals surface area contributed by atoms with Crippen LogP contribution < -0.4 is 5.32 Å². The Labute approximate surface area is 224 Å². The van der Waals surface area contributed by atoms with Crippen LogP contribution in [0.1, 0.15) is 59.1 Å². The Kier molecular flexibility index (Phi) is 10.5. The van der Waals surface area contributed by atoms with E-state index in [4.69, 9.17) is 9.16 Å². The quantitative estimate of drug-likeness (QED) is 0.338. The first-order valence-corrected chi connectivity index (χ1v) is 15.9. The van der Waals surface area contributed by atoms with Crippen molar-refractivity contribution in [3.8, 4) is 0 Å². The fraction of sp³-hybridized carbons (Fsp3) is 0.533. The van der Waals surface area contributed by atoms with Crippen LogP contribution in [0.25, 0.3) is 0 Å². The van der Waals surface area contributed by atoms with E-state index in [0.29, 0.717) is 6.42 Å². The van der Waals surface area contributed by atoms with Crippen molar-refractivity contribution in [2.45, 2.75) is 91.1 Å². The lowest BCUT2D eigenvalue weighted by molar-refractivity contribution is -0.158. The van der Waals surface area contributed by atoms with Crippen LogP contribution in [0.2, 0.25) is 13.1 Å². The molecule has 0 bridgehead atoms. The van der Waals surface area contributed by atoms with E-state index in [1.54, 1.807) is 0 Å². The number of carbonyl (C=O) groups excluding carboxylic acids is 1. The van der Waals surface area contributed by atoms with Gasteiger partial charge < -0.3 is 19.6 Å². The highest BCUT2D eigenvalue weighted by Crippen LogP contribution is 2.40. The van der Waals surface area contributed by atoms with E-state index in [9.17, 15) is 14.7 Å². The monoisotopic (exact) mass is 527 g/mol. The van der Waals surface area contributed by atoms with Gasteiger partial charge >= 0.3 is 12.1 Å². The van der Waals surface area contributed by atoms with Gasteiger partial charge in [0.15, 0.2) is 14.6 Å². The van der Waals surface area contributed by atoms with Crippen LogP contribution in [-0.2, 0) is 26.8 Å². The number of carbonyl (C=O) groups is 2. The summed E-state index contributed by atoms with van der Waals surface area (Å²) < 4.78 is 12.0. The van der Waals surface area contributed by atoms with Gasteiger partial charge in [0.2, 0.25) is 0 Å². The van der Waals surface area contributed by atoms with Gasteiger partial charge in [0.1, 0.15) is 5.60 Å². The predicted octanol–water partition coefficient (Wildman–Crippen LogP) is 6.24. The van der Waals surface area contributed by atoms with Crippen LogP contribution in [0.4, 0.5) is 4.79 Å². The van der Waals surface area contributed by atoms with Crippen molar-refractivity contribution < 1.29 is 23.9 Å². The van der Waals surface area contributed by atoms with Crippen molar-refractivity contribution in [3.05, 3.63) is 71.8 Å². The van der Waals surface area contributed by atoms with E-state index in [2.05, 4.69) is 26.1 Å². The summed E-state index contributed by atoms with van der Waals surface area (Å²) in [5.41, 5.74) is -0.436. The number of rotatable bonds is 11. The summed E-state index contributed by atoms with van der Waals surface area (Å²) in [5, 5.41) is 13.7. The molecule has 37 heavy (non-hydrogen) atoms. The molecule has 0 saturated carbocycles. The maximum atomic E-state index is 13.0. The molecule has 3 unspecified atom stereocenters. The van der Waals surface area contributed by atoms with Gasteiger partial charge in [-0.25, -0.2) is 9.59 Å². The molecule has 3 atom stereocenters. The maximum absolute atomic E-state index is 13.0. The first-order chi connectivity index (χ1) is 17.1. The SMILES string of the molecule is C[SiH](C)OC(Cc1ccccc1)(CC(C(Cc1ccccc1)NC(=O)OC(C)(C)C)C(C)(C)C)C(=O)O. The molecule has 2 aromatic carbocycles. The molecule has 2 rings (SSSR count). The zero-order valence-electron chi connectivity index (χ0n) is 23.7. The highest BCUT2D eigenvalue weighted by atomic mass is 28.3. The van der Waals surface area contributed by atoms with Gasteiger partial charge in [0.25, 0.3) is 0 Å². The lowest BCUT2D eigenvalue weighted by Crippen LogP contribution is -2.54. The molecule has 0 aliphatic carbocycles. The van der Waals surface area contributed by atoms with Gasteiger partial charge in [-0.1, -0.05) is 81.4 Å². The van der Waals surface area contributed by atoms with Crippen LogP contribution in [0, 0.1) is 11.3 Å². The van der Waals surface area contributed by atoms with Crippen LogP contribution >= 0.6 is 0 Å². The number of hydrogen-bond donors (Lipinski definition) is 2. The largest absolute Gasteiger partial charge is 0.479 e. The van der Waals surface area contributed by atoms with E-state index < -0.39 is 32.3 Å². The molecule has 0 saturated heterocycles. The average Bonchev–Trinajstić information content (AvgIpc) is 2.75. The number of carboxylic acids is 1. The summed E-state index contributed by atoms with van der Waals surface area (Å²) in [6.45, 7) is 15.8. The molecule has 0 spiro atoms. The van der Waals surface area contributed by atoms with E-state index in [0.717, 1.165) is 11.1 Å². The number of ether oxygens (including phenoxy) is 1. The summed E-state index contributed by atoms with van der Waals surface area (Å²) in [6, 6.07) is 19.2. The second kappa shape index (κ2) is 12.7. The van der Waals surface area contributed by atoms with Crippen molar-refractivity contribution in [1.82, 2.24) is 5.32 Å². The first-order valence-electron chi connectivity index (χ1n) is 13.1. The third-order valence-corrected chi connectivity index (χ3v) is 7.25. The Bertz CT molecular complexity index is 998. The smallest absolute Gasteiger partial charge is 0.407 e. The number of aliphatic carboxylic acids is 1. The lowest BCUT2D eigenvalue weighted by atomic mass is 9.68. The molecule has 0 aliphatic heterocycles. The molecular formula is C30H45NO5Si. The third kappa shape index (κ3) is 9.97. The van der Waals surface area contributed by atoms with Crippen LogP contribution in [0.3, 0.4) is 0 Å². The van der Waals surface area contributed by atoms with E-state index in [-0.39, 0.29) is 30.2 Å². The zero-order valence-corrected chi connectivity index (χ0v) is 24.9. The molecule has 0 heterocycles. The summed E-state index contributed by atoms with van der Waals surface area (Å²) in [4.78, 5) is 26.0. The molecule has 6 nitrogen and oxygen atoms in total. The second-order valence-corrected chi connectivity index (χ2v) is 14.6. The Morgan fingerprint density at radius 1 is 0.892 bits per heavy atom. The number of hydrogen-bond acceptors (Lipinski definition) is 4. The van der Waals surface area contributed by atoms with Crippen molar-refractivity contribution in [2.75, 3.05) is 0 Å². The Morgan fingerprint density at radius 3 is 1.84 bits per heavy atom. The van der Waals surface area contributed by atoms with Gasteiger partial charge in [0.05, 0.1) is 0 Å². The minimum Gasteiger partial charge on any atom is -0.479 e. The normalized spacial score (nSPS) is 15.5. The van der Waals surface area contributed by atoms with E-state index >= 15 is 0 Å². The van der Waals surface area contributed by atoms with Gasteiger partial charge in [-0.2, -0.15) is 0 Å². The highest BCUT2D eigenvalue weighted by Gasteiger charge is 2.47. The number of amides is 1. The summed E-state index contributed by atoms with van der Waals surface area (Å²) in [6.07, 6.45) is 0.540. The molecule has 0 radical (unpaired) electrons. The molecule has 0 fully saturated rings. The molecule has 0 aliphatic rings. The number of carboxylic acid groups (broad SMARTS) is 1. The number of nitrogens with one attached hydrogen (secondary N) is 1. The molecule has 2 aromatic rings. The van der Waals surface area contributed by atoms with Crippen molar-refractivity contribution in [2.24, 2.45) is 11.3 Å². The molecule has 7 heteroatoms. The molecule has 204 valence electrons. The van der Waals surface area contributed by atoms with Crippen molar-refractivity contribution >= 4 is 21.1 Å². The van der Waals surface area contributed by atoms with Gasteiger partial charge in [-0.05, 0) is 69.2 Å². The topological polar surface area (TPSA) is 84.9 Å². The number of benzene rings is 2. The molecule has 0 aromatic heterocycles. The average molecular weight is 528 g/mol. The Morgan fingerprint density at radius 2 is 1.41 bits per heavy atom. The van der Waals surface area contributed by atoms with E-state index in [1.807, 2.05) is 94.5 Å². The third-order valence-electron chi connectivity index (χ3n) is 6.33. The summed E-state index contributed by atoms with van der Waals surface area (Å²) in [5.74, 6) is -1.20. The van der Waals surface area contributed by atoms with Crippen LogP contribution in [-0.4, -0.2) is 43.5 Å². The summed E-state index contributed by atoms with van der Waals surface area (Å²) in [7, 11) is -1.76. The molecule has 2 N–H and O–H groups in total. The first kappa shape index (κ1) is 30.6. The lowest BCUT2D eigenvalue weighted by Gasteiger charge is -2.43. The van der Waals surface area contributed by atoms with Gasteiger partial charge in [-0.15, -0.1) is 0 Å². The fourth-order valence-corrected chi connectivity index (χ4v) is 5.96. The fourth-order valence-electron chi connectivity index (χ4n) is 4.78. The minimum absolute atomic E-state index is 0.229.